The summed E-state index contributed by atoms with van der Waals surface area (Å²) in [5.41, 5.74) is 1.03. The van der Waals surface area contributed by atoms with Gasteiger partial charge in [-0.2, -0.15) is 0 Å². The van der Waals surface area contributed by atoms with Crippen molar-refractivity contribution in [2.24, 2.45) is 0 Å². The number of hydrogen-bond donors (Lipinski definition) is 0. The molecule has 0 aliphatic carbocycles. The van der Waals surface area contributed by atoms with Crippen molar-refractivity contribution in [2.45, 2.75) is 13.0 Å². The van der Waals surface area contributed by atoms with E-state index >= 15 is 0 Å². The molecule has 0 saturated heterocycles. The molecule has 116 valence electrons. The number of carbonyl (C=O) groups excluding carboxylic acids is 1. The lowest BCUT2D eigenvalue weighted by atomic mass is 10.2. The van der Waals surface area contributed by atoms with Crippen LogP contribution in [0.15, 0.2) is 46.9 Å². The summed E-state index contributed by atoms with van der Waals surface area (Å²) in [6, 6.07) is 10.3. The van der Waals surface area contributed by atoms with Crippen molar-refractivity contribution in [3.05, 3.63) is 58.1 Å². The second-order valence-electron chi connectivity index (χ2n) is 4.28. The fourth-order valence-electron chi connectivity index (χ4n) is 1.69. The Kier molecular flexibility index (Phi) is 5.07. The van der Waals surface area contributed by atoms with Crippen molar-refractivity contribution in [2.75, 3.05) is 0 Å². The van der Waals surface area contributed by atoms with Crippen molar-refractivity contribution >= 4 is 22.2 Å². The summed E-state index contributed by atoms with van der Waals surface area (Å²) in [6.07, 6.45) is -4.05. The number of halogens is 4. The Hall–Kier alpha value is -2.02. The van der Waals surface area contributed by atoms with E-state index < -0.39 is 6.36 Å². The molecule has 2 aromatic rings. The lowest BCUT2D eigenvalue weighted by molar-refractivity contribution is -0.274. The number of aldehydes is 1. The van der Waals surface area contributed by atoms with Crippen LogP contribution in [0.1, 0.15) is 15.9 Å². The molecule has 0 saturated carbocycles. The summed E-state index contributed by atoms with van der Waals surface area (Å²) in [5.74, 6) is 0.0993. The van der Waals surface area contributed by atoms with Gasteiger partial charge in [0.1, 0.15) is 18.1 Å². The van der Waals surface area contributed by atoms with E-state index in [1.54, 1.807) is 18.2 Å². The fraction of sp³-hybridized carbons (Fsp3) is 0.133. The Morgan fingerprint density at radius 2 is 1.77 bits per heavy atom. The molecule has 0 N–H and O–H groups in total. The maximum atomic E-state index is 12.0. The summed E-state index contributed by atoms with van der Waals surface area (Å²) >= 11 is 3.24. The Morgan fingerprint density at radius 1 is 1.09 bits per heavy atom. The zero-order valence-electron chi connectivity index (χ0n) is 11.1. The van der Waals surface area contributed by atoms with Crippen molar-refractivity contribution in [1.82, 2.24) is 0 Å². The molecule has 0 aromatic heterocycles. The van der Waals surface area contributed by atoms with Crippen molar-refractivity contribution in [1.29, 1.82) is 0 Å². The number of hydrogen-bond acceptors (Lipinski definition) is 3. The normalized spacial score (nSPS) is 11.1. The summed E-state index contributed by atoms with van der Waals surface area (Å²) in [7, 11) is 0. The van der Waals surface area contributed by atoms with E-state index in [2.05, 4.69) is 20.7 Å². The third kappa shape index (κ3) is 4.77. The Morgan fingerprint density at radius 3 is 2.36 bits per heavy atom. The maximum Gasteiger partial charge on any atom is 0.573 e. The highest BCUT2D eigenvalue weighted by Crippen LogP contribution is 2.25. The highest BCUT2D eigenvalue weighted by atomic mass is 79.9. The van der Waals surface area contributed by atoms with Gasteiger partial charge < -0.3 is 9.47 Å². The molecular formula is C15H10BrF3O3. The van der Waals surface area contributed by atoms with Crippen molar-refractivity contribution < 1.29 is 27.4 Å². The molecule has 0 heterocycles. The summed E-state index contributed by atoms with van der Waals surface area (Å²) < 4.78 is 46.1. The second kappa shape index (κ2) is 6.83. The number of benzene rings is 2. The van der Waals surface area contributed by atoms with E-state index in [4.69, 9.17) is 4.74 Å². The van der Waals surface area contributed by atoms with Crippen LogP contribution >= 0.6 is 15.9 Å². The molecule has 2 aromatic carbocycles. The molecule has 0 aliphatic heterocycles. The van der Waals surface area contributed by atoms with Gasteiger partial charge in [0.25, 0.3) is 0 Å². The average Bonchev–Trinajstić information content (AvgIpc) is 2.45. The zero-order chi connectivity index (χ0) is 16.2. The standard InChI is InChI=1S/C15H10BrF3O3/c16-12-3-6-14(11(7-12)8-20)21-9-10-1-4-13(5-2-10)22-15(17,18)19/h1-8H,9H2. The molecule has 0 fully saturated rings. The minimum Gasteiger partial charge on any atom is -0.488 e. The van der Waals surface area contributed by atoms with Crippen LogP contribution in [0.3, 0.4) is 0 Å². The molecule has 0 aliphatic rings. The van der Waals surface area contributed by atoms with Gasteiger partial charge in [0, 0.05) is 4.47 Å². The predicted molar refractivity (Wildman–Crippen MR) is 77.0 cm³/mol. The maximum absolute atomic E-state index is 12.0. The molecule has 0 radical (unpaired) electrons. The Bertz CT molecular complexity index is 654. The van der Waals surface area contributed by atoms with E-state index in [1.165, 1.54) is 24.3 Å². The van der Waals surface area contributed by atoms with Gasteiger partial charge in [0.2, 0.25) is 0 Å². The van der Waals surface area contributed by atoms with Gasteiger partial charge in [-0.1, -0.05) is 28.1 Å². The fourth-order valence-corrected chi connectivity index (χ4v) is 2.07. The van der Waals surface area contributed by atoms with Gasteiger partial charge in [-0.05, 0) is 35.9 Å². The van der Waals surface area contributed by atoms with E-state index in [1.807, 2.05) is 0 Å². The quantitative estimate of drug-likeness (QED) is 0.709. The first-order chi connectivity index (χ1) is 10.4. The van der Waals surface area contributed by atoms with E-state index in [0.29, 0.717) is 23.2 Å². The molecule has 22 heavy (non-hydrogen) atoms. The third-order valence-electron chi connectivity index (χ3n) is 2.65. The largest absolute Gasteiger partial charge is 0.573 e. The molecule has 0 unspecified atom stereocenters. The second-order valence-corrected chi connectivity index (χ2v) is 5.20. The van der Waals surface area contributed by atoms with Gasteiger partial charge in [0.15, 0.2) is 6.29 Å². The van der Waals surface area contributed by atoms with Gasteiger partial charge in [-0.15, -0.1) is 13.2 Å². The first-order valence-electron chi connectivity index (χ1n) is 6.09. The van der Waals surface area contributed by atoms with Crippen LogP contribution in [0, 0.1) is 0 Å². The highest BCUT2D eigenvalue weighted by molar-refractivity contribution is 9.10. The Balaban J connectivity index is 2.02. The van der Waals surface area contributed by atoms with Gasteiger partial charge in [-0.25, -0.2) is 0 Å². The molecule has 0 atom stereocenters. The van der Waals surface area contributed by atoms with Crippen molar-refractivity contribution in [3.8, 4) is 11.5 Å². The molecule has 0 bridgehead atoms. The number of alkyl halides is 3. The third-order valence-corrected chi connectivity index (χ3v) is 3.14. The van der Waals surface area contributed by atoms with Crippen LogP contribution < -0.4 is 9.47 Å². The zero-order valence-corrected chi connectivity index (χ0v) is 12.6. The molecule has 0 spiro atoms. The lowest BCUT2D eigenvalue weighted by Crippen LogP contribution is -2.17. The monoisotopic (exact) mass is 374 g/mol. The van der Waals surface area contributed by atoms with Crippen molar-refractivity contribution in [3.63, 3.8) is 0 Å². The van der Waals surface area contributed by atoms with E-state index in [0.717, 1.165) is 4.47 Å². The topological polar surface area (TPSA) is 35.5 Å². The number of carbonyl (C=O) groups is 1. The van der Waals surface area contributed by atoms with Gasteiger partial charge >= 0.3 is 6.36 Å². The first kappa shape index (κ1) is 16.4. The van der Waals surface area contributed by atoms with E-state index in [9.17, 15) is 18.0 Å². The molecular weight excluding hydrogens is 365 g/mol. The van der Waals surface area contributed by atoms with Gasteiger partial charge in [-0.3, -0.25) is 4.79 Å². The van der Waals surface area contributed by atoms with E-state index in [-0.39, 0.29) is 12.4 Å². The van der Waals surface area contributed by atoms with Crippen LogP contribution in [0.5, 0.6) is 11.5 Å². The van der Waals surface area contributed by atoms with Crippen LogP contribution in [0.2, 0.25) is 0 Å². The average molecular weight is 375 g/mol. The molecule has 7 heteroatoms. The van der Waals surface area contributed by atoms with Crippen LogP contribution in [-0.4, -0.2) is 12.6 Å². The lowest BCUT2D eigenvalue weighted by Gasteiger charge is -2.11. The molecule has 2 rings (SSSR count). The summed E-state index contributed by atoms with van der Waals surface area (Å²) in [4.78, 5) is 10.9. The van der Waals surface area contributed by atoms with Gasteiger partial charge in [0.05, 0.1) is 5.56 Å². The number of rotatable bonds is 5. The predicted octanol–water partition coefficient (Wildman–Crippen LogP) is 4.74. The number of ether oxygens (including phenoxy) is 2. The van der Waals surface area contributed by atoms with Crippen LogP contribution in [-0.2, 0) is 6.61 Å². The first-order valence-corrected chi connectivity index (χ1v) is 6.89. The molecule has 3 nitrogen and oxygen atoms in total. The highest BCUT2D eigenvalue weighted by Gasteiger charge is 2.30. The van der Waals surface area contributed by atoms with Crippen LogP contribution in [0.25, 0.3) is 0 Å². The minimum atomic E-state index is -4.71. The smallest absolute Gasteiger partial charge is 0.488 e. The Labute approximate surface area is 132 Å². The minimum absolute atomic E-state index is 0.120. The summed E-state index contributed by atoms with van der Waals surface area (Å²) in [5, 5.41) is 0. The SMILES string of the molecule is O=Cc1cc(Br)ccc1OCc1ccc(OC(F)(F)F)cc1. The molecule has 0 amide bonds. The van der Waals surface area contributed by atoms with Crippen LogP contribution in [0.4, 0.5) is 13.2 Å². The summed E-state index contributed by atoms with van der Waals surface area (Å²) in [6.45, 7) is 0.120.